The predicted octanol–water partition coefficient (Wildman–Crippen LogP) is 2.45. The first-order valence-corrected chi connectivity index (χ1v) is 6.67. The number of rotatable bonds is 4. The highest BCUT2D eigenvalue weighted by molar-refractivity contribution is 7.07. The van der Waals surface area contributed by atoms with Crippen molar-refractivity contribution < 1.29 is 9.53 Å². The highest BCUT2D eigenvalue weighted by Gasteiger charge is 2.27. The van der Waals surface area contributed by atoms with E-state index in [9.17, 15) is 4.79 Å². The van der Waals surface area contributed by atoms with E-state index >= 15 is 0 Å². The number of hydrogen-bond donors (Lipinski definition) is 0. The molecule has 88 valence electrons. The first kappa shape index (κ1) is 11.6. The lowest BCUT2D eigenvalue weighted by molar-refractivity contribution is -0.144. The summed E-state index contributed by atoms with van der Waals surface area (Å²) in [5, 5.41) is 4.27. The monoisotopic (exact) mass is 239 g/mol. The van der Waals surface area contributed by atoms with Crippen LogP contribution in [0.4, 0.5) is 0 Å². The van der Waals surface area contributed by atoms with E-state index in [1.807, 2.05) is 6.92 Å². The average molecular weight is 239 g/mol. The fraction of sp³-hybridized carbons (Fsp3) is 0.583. The quantitative estimate of drug-likeness (QED) is 0.756. The summed E-state index contributed by atoms with van der Waals surface area (Å²) in [7, 11) is 0. The average Bonchev–Trinajstić information content (AvgIpc) is 2.86. The first-order valence-electron chi connectivity index (χ1n) is 5.73. The Balaban J connectivity index is 1.96. The van der Waals surface area contributed by atoms with Crippen LogP contribution in [0.25, 0.3) is 0 Å². The largest absolute Gasteiger partial charge is 0.465 e. The van der Waals surface area contributed by atoms with E-state index < -0.39 is 0 Å². The van der Waals surface area contributed by atoms with Crippen LogP contribution in [-0.2, 0) is 9.53 Å². The molecule has 1 aromatic heterocycles. The van der Waals surface area contributed by atoms with E-state index in [0.717, 1.165) is 13.0 Å². The Kier molecular flexibility index (Phi) is 3.96. The number of ether oxygens (including phenoxy) is 1. The molecule has 0 N–H and O–H groups in total. The summed E-state index contributed by atoms with van der Waals surface area (Å²) in [5.41, 5.74) is 1.34. The molecule has 0 radical (unpaired) electrons. The lowest BCUT2D eigenvalue weighted by atomic mass is 10.1. The minimum absolute atomic E-state index is 0.107. The van der Waals surface area contributed by atoms with Crippen molar-refractivity contribution in [2.45, 2.75) is 25.8 Å². The van der Waals surface area contributed by atoms with Gasteiger partial charge in [-0.3, -0.25) is 9.69 Å². The van der Waals surface area contributed by atoms with Gasteiger partial charge in [0.05, 0.1) is 13.2 Å². The molecule has 3 nitrogen and oxygen atoms in total. The second-order valence-corrected chi connectivity index (χ2v) is 4.77. The number of thiophene rings is 1. The van der Waals surface area contributed by atoms with Crippen LogP contribution in [0.2, 0.25) is 0 Å². The molecule has 0 saturated carbocycles. The molecule has 0 spiro atoms. The number of likely N-dealkylation sites (tertiary alicyclic amines) is 1. The van der Waals surface area contributed by atoms with Crippen molar-refractivity contribution in [3.8, 4) is 0 Å². The Hall–Kier alpha value is -0.870. The number of nitrogens with zero attached hydrogens (tertiary/aromatic N) is 1. The summed E-state index contributed by atoms with van der Waals surface area (Å²) in [6.07, 6.45) is 2.32. The van der Waals surface area contributed by atoms with E-state index in [1.165, 1.54) is 12.0 Å². The zero-order valence-electron chi connectivity index (χ0n) is 9.52. The van der Waals surface area contributed by atoms with Crippen molar-refractivity contribution in [2.24, 2.45) is 0 Å². The van der Waals surface area contributed by atoms with Crippen molar-refractivity contribution in [3.63, 3.8) is 0 Å². The van der Waals surface area contributed by atoms with Crippen LogP contribution in [0, 0.1) is 0 Å². The molecule has 0 aromatic carbocycles. The van der Waals surface area contributed by atoms with Crippen molar-refractivity contribution >= 4 is 17.3 Å². The Bertz CT molecular complexity index is 337. The van der Waals surface area contributed by atoms with Gasteiger partial charge in [0.1, 0.15) is 0 Å². The number of hydrogen-bond acceptors (Lipinski definition) is 4. The second kappa shape index (κ2) is 5.46. The highest BCUT2D eigenvalue weighted by Crippen LogP contribution is 2.32. The van der Waals surface area contributed by atoms with E-state index in [-0.39, 0.29) is 5.97 Å². The van der Waals surface area contributed by atoms with Gasteiger partial charge in [-0.15, -0.1) is 0 Å². The normalized spacial score (nSPS) is 21.2. The van der Waals surface area contributed by atoms with Gasteiger partial charge in [-0.2, -0.15) is 11.3 Å². The zero-order valence-corrected chi connectivity index (χ0v) is 10.3. The lowest BCUT2D eigenvalue weighted by Crippen LogP contribution is -2.30. The fourth-order valence-corrected chi connectivity index (χ4v) is 2.94. The Morgan fingerprint density at radius 3 is 3.25 bits per heavy atom. The summed E-state index contributed by atoms with van der Waals surface area (Å²) in [5.74, 6) is -0.107. The molecule has 2 heterocycles. The van der Waals surface area contributed by atoms with Gasteiger partial charge in [-0.25, -0.2) is 0 Å². The minimum atomic E-state index is -0.107. The molecule has 16 heavy (non-hydrogen) atoms. The number of esters is 1. The van der Waals surface area contributed by atoms with Crippen LogP contribution in [-0.4, -0.2) is 30.6 Å². The van der Waals surface area contributed by atoms with E-state index in [4.69, 9.17) is 4.74 Å². The maximum absolute atomic E-state index is 11.5. The summed E-state index contributed by atoms with van der Waals surface area (Å²) in [6, 6.07) is 2.56. The first-order chi connectivity index (χ1) is 7.81. The molecule has 4 heteroatoms. The van der Waals surface area contributed by atoms with Crippen LogP contribution in [0.1, 0.15) is 31.4 Å². The van der Waals surface area contributed by atoms with Gasteiger partial charge < -0.3 is 4.74 Å². The topological polar surface area (TPSA) is 29.5 Å². The van der Waals surface area contributed by atoms with E-state index in [0.29, 0.717) is 19.2 Å². The number of carbonyl (C=O) groups is 1. The van der Waals surface area contributed by atoms with Crippen LogP contribution in [0.5, 0.6) is 0 Å². The van der Waals surface area contributed by atoms with Gasteiger partial charge in [0.15, 0.2) is 0 Å². The van der Waals surface area contributed by atoms with Crippen LogP contribution in [0.15, 0.2) is 16.8 Å². The molecule has 0 unspecified atom stereocenters. The second-order valence-electron chi connectivity index (χ2n) is 3.99. The predicted molar refractivity (Wildman–Crippen MR) is 64.5 cm³/mol. The SMILES string of the molecule is CCOC(=O)CN1CCC[C@@H]1c1ccsc1. The zero-order chi connectivity index (χ0) is 11.4. The lowest BCUT2D eigenvalue weighted by Gasteiger charge is -2.22. The number of carbonyl (C=O) groups excluding carboxylic acids is 1. The van der Waals surface area contributed by atoms with Crippen LogP contribution < -0.4 is 0 Å². The van der Waals surface area contributed by atoms with Crippen molar-refractivity contribution in [3.05, 3.63) is 22.4 Å². The van der Waals surface area contributed by atoms with Gasteiger partial charge in [0.25, 0.3) is 0 Å². The molecular weight excluding hydrogens is 222 g/mol. The highest BCUT2D eigenvalue weighted by atomic mass is 32.1. The summed E-state index contributed by atoms with van der Waals surface area (Å²) >= 11 is 1.71. The van der Waals surface area contributed by atoms with Gasteiger partial charge in [0, 0.05) is 6.04 Å². The van der Waals surface area contributed by atoms with Gasteiger partial charge in [-0.05, 0) is 48.7 Å². The summed E-state index contributed by atoms with van der Waals surface area (Å²) < 4.78 is 4.99. The van der Waals surface area contributed by atoms with Crippen molar-refractivity contribution in [2.75, 3.05) is 19.7 Å². The third-order valence-electron chi connectivity index (χ3n) is 2.93. The third kappa shape index (κ3) is 2.62. The van der Waals surface area contributed by atoms with Gasteiger partial charge in [0.2, 0.25) is 0 Å². The maximum Gasteiger partial charge on any atom is 0.320 e. The van der Waals surface area contributed by atoms with Gasteiger partial charge in [-0.1, -0.05) is 0 Å². The van der Waals surface area contributed by atoms with E-state index in [1.54, 1.807) is 11.3 Å². The van der Waals surface area contributed by atoms with Crippen molar-refractivity contribution in [1.29, 1.82) is 0 Å². The Morgan fingerprint density at radius 2 is 2.56 bits per heavy atom. The molecule has 1 aliphatic rings. The Labute approximate surface area is 100 Å². The third-order valence-corrected chi connectivity index (χ3v) is 3.63. The van der Waals surface area contributed by atoms with E-state index in [2.05, 4.69) is 21.7 Å². The molecule has 0 aliphatic carbocycles. The van der Waals surface area contributed by atoms with Crippen LogP contribution >= 0.6 is 11.3 Å². The standard InChI is InChI=1S/C12H17NO2S/c1-2-15-12(14)8-13-6-3-4-11(13)10-5-7-16-9-10/h5,7,9,11H,2-4,6,8H2,1H3/t11-/m1/s1. The summed E-state index contributed by atoms with van der Waals surface area (Å²) in [4.78, 5) is 13.7. The molecule has 1 fully saturated rings. The smallest absolute Gasteiger partial charge is 0.320 e. The molecular formula is C12H17NO2S. The molecule has 1 atom stereocenters. The fourth-order valence-electron chi connectivity index (χ4n) is 2.23. The minimum Gasteiger partial charge on any atom is -0.465 e. The molecule has 1 aromatic rings. The Morgan fingerprint density at radius 1 is 1.69 bits per heavy atom. The maximum atomic E-state index is 11.5. The molecule has 0 bridgehead atoms. The molecule has 0 amide bonds. The van der Waals surface area contributed by atoms with Crippen molar-refractivity contribution in [1.82, 2.24) is 4.90 Å². The van der Waals surface area contributed by atoms with Crippen LogP contribution in [0.3, 0.4) is 0 Å². The molecule has 1 saturated heterocycles. The molecule has 1 aliphatic heterocycles. The summed E-state index contributed by atoms with van der Waals surface area (Å²) in [6.45, 7) is 3.74. The molecule has 2 rings (SSSR count). The van der Waals surface area contributed by atoms with Gasteiger partial charge >= 0.3 is 5.97 Å².